The highest BCUT2D eigenvalue weighted by Crippen LogP contribution is 2.37. The van der Waals surface area contributed by atoms with Crippen LogP contribution in [0, 0.1) is 0 Å². The zero-order valence-electron chi connectivity index (χ0n) is 14.8. The molecular formula is C17H13ClF3N2O6P. The van der Waals surface area contributed by atoms with Crippen molar-refractivity contribution in [3.8, 4) is 11.5 Å². The van der Waals surface area contributed by atoms with E-state index in [4.69, 9.17) is 25.8 Å². The Morgan fingerprint density at radius 1 is 1.13 bits per heavy atom. The lowest BCUT2D eigenvalue weighted by Gasteiger charge is -2.10. The molecule has 0 fully saturated rings. The Labute approximate surface area is 171 Å². The molecule has 0 aliphatic carbocycles. The molecule has 0 aliphatic rings. The fraction of sp³-hybridized carbons (Fsp3) is 0.176. The molecule has 0 aliphatic heterocycles. The van der Waals surface area contributed by atoms with E-state index in [2.05, 4.69) is 9.62 Å². The van der Waals surface area contributed by atoms with Crippen LogP contribution in [0.4, 0.5) is 13.2 Å². The van der Waals surface area contributed by atoms with Crippen LogP contribution in [0.5, 0.6) is 0 Å². The molecule has 0 saturated heterocycles. The third-order valence-corrected chi connectivity index (χ3v) is 4.64. The smallest absolute Gasteiger partial charge is 0.388 e. The molecule has 3 rings (SSSR count). The van der Waals surface area contributed by atoms with Crippen molar-refractivity contribution in [2.75, 3.05) is 0 Å². The lowest BCUT2D eigenvalue weighted by Crippen LogP contribution is -2.17. The summed E-state index contributed by atoms with van der Waals surface area (Å²) in [6, 6.07) is 8.32. The molecule has 0 unspecified atom stereocenters. The van der Waals surface area contributed by atoms with Gasteiger partial charge in [0, 0.05) is 10.6 Å². The van der Waals surface area contributed by atoms with Crippen molar-refractivity contribution in [3.63, 3.8) is 0 Å². The largest absolute Gasteiger partial charge is 0.469 e. The molecule has 0 amide bonds. The van der Waals surface area contributed by atoms with Crippen molar-refractivity contribution in [3.05, 3.63) is 74.7 Å². The maximum Gasteiger partial charge on any atom is 0.469 e. The average molecular weight is 465 g/mol. The Balaban J connectivity index is 1.87. The number of halogens is 4. The van der Waals surface area contributed by atoms with E-state index < -0.39 is 31.9 Å². The number of hydrogen-bond acceptors (Lipinski definition) is 5. The van der Waals surface area contributed by atoms with E-state index in [1.807, 2.05) is 0 Å². The highest BCUT2D eigenvalue weighted by molar-refractivity contribution is 7.46. The second kappa shape index (κ2) is 8.37. The molecule has 0 spiro atoms. The number of phosphoric ester groups is 1. The zero-order chi connectivity index (χ0) is 22.1. The van der Waals surface area contributed by atoms with Crippen LogP contribution >= 0.6 is 19.4 Å². The summed E-state index contributed by atoms with van der Waals surface area (Å²) in [6.45, 7) is -0.626. The second-order valence-corrected chi connectivity index (χ2v) is 7.76. The molecule has 0 atom stereocenters. The Morgan fingerprint density at radius 3 is 2.40 bits per heavy atom. The first-order chi connectivity index (χ1) is 13.9. The van der Waals surface area contributed by atoms with E-state index in [1.54, 1.807) is 0 Å². The highest BCUT2D eigenvalue weighted by Gasteiger charge is 2.30. The Kier molecular flexibility index (Phi) is 6.21. The minimum Gasteiger partial charge on any atom is -0.388 e. The molecule has 13 heteroatoms. The molecule has 160 valence electrons. The van der Waals surface area contributed by atoms with Crippen LogP contribution < -0.4 is 5.76 Å². The van der Waals surface area contributed by atoms with Gasteiger partial charge in [-0.15, -0.1) is 5.10 Å². The summed E-state index contributed by atoms with van der Waals surface area (Å²) in [5, 5.41) is 4.26. The normalized spacial score (nSPS) is 12.3. The molecular weight excluding hydrogens is 452 g/mol. The predicted molar refractivity (Wildman–Crippen MR) is 98.6 cm³/mol. The number of aromatic nitrogens is 2. The molecule has 30 heavy (non-hydrogen) atoms. The summed E-state index contributed by atoms with van der Waals surface area (Å²) in [4.78, 5) is 29.9. The van der Waals surface area contributed by atoms with E-state index in [1.165, 1.54) is 18.2 Å². The molecule has 0 saturated carbocycles. The first kappa shape index (κ1) is 22.3. The Morgan fingerprint density at radius 2 is 1.80 bits per heavy atom. The summed E-state index contributed by atoms with van der Waals surface area (Å²) in [6.07, 6.45) is -4.50. The van der Waals surface area contributed by atoms with Gasteiger partial charge in [-0.05, 0) is 47.5 Å². The van der Waals surface area contributed by atoms with Gasteiger partial charge in [-0.3, -0.25) is 4.52 Å². The third-order valence-electron chi connectivity index (χ3n) is 3.94. The Hall–Kier alpha value is -2.43. The molecule has 8 nitrogen and oxygen atoms in total. The van der Waals surface area contributed by atoms with Crippen LogP contribution in [0.3, 0.4) is 0 Å². The van der Waals surface area contributed by atoms with Crippen molar-refractivity contribution in [2.24, 2.45) is 0 Å². The Bertz CT molecular complexity index is 1150. The standard InChI is InChI=1S/C17H13ClF3N2O6P/c18-14-6-3-11(9-28-30(25,26)27)12(7-14)8-23-16(24)29-15(22-23)10-1-4-13(5-2-10)17(19,20)21/h1-7H,8-9H2,(H2,25,26,27). The van der Waals surface area contributed by atoms with E-state index in [9.17, 15) is 22.5 Å². The number of benzene rings is 2. The van der Waals surface area contributed by atoms with E-state index in [0.29, 0.717) is 16.1 Å². The summed E-state index contributed by atoms with van der Waals surface area (Å²) in [5.41, 5.74) is 0.0238. The first-order valence-corrected chi connectivity index (χ1v) is 10.1. The summed E-state index contributed by atoms with van der Waals surface area (Å²) < 4.78 is 59.4. The van der Waals surface area contributed by atoms with E-state index in [-0.39, 0.29) is 18.0 Å². The first-order valence-electron chi connectivity index (χ1n) is 8.15. The molecule has 3 aromatic rings. The number of hydrogen-bond donors (Lipinski definition) is 2. The highest BCUT2D eigenvalue weighted by atomic mass is 35.5. The van der Waals surface area contributed by atoms with Gasteiger partial charge in [0.25, 0.3) is 0 Å². The third kappa shape index (κ3) is 5.59. The fourth-order valence-electron chi connectivity index (χ4n) is 2.52. The molecule has 1 heterocycles. The fourth-order valence-corrected chi connectivity index (χ4v) is 3.02. The van der Waals surface area contributed by atoms with Crippen LogP contribution in [0.1, 0.15) is 16.7 Å². The van der Waals surface area contributed by atoms with Gasteiger partial charge >= 0.3 is 19.8 Å². The van der Waals surface area contributed by atoms with Gasteiger partial charge in [0.05, 0.1) is 18.7 Å². The van der Waals surface area contributed by atoms with Gasteiger partial charge in [-0.25, -0.2) is 9.36 Å². The van der Waals surface area contributed by atoms with Crippen molar-refractivity contribution in [2.45, 2.75) is 19.3 Å². The van der Waals surface area contributed by atoms with Gasteiger partial charge in [0.15, 0.2) is 0 Å². The van der Waals surface area contributed by atoms with Gasteiger partial charge < -0.3 is 14.2 Å². The van der Waals surface area contributed by atoms with Crippen molar-refractivity contribution in [1.82, 2.24) is 9.78 Å². The van der Waals surface area contributed by atoms with Gasteiger partial charge in [0.2, 0.25) is 5.89 Å². The molecule has 2 aromatic carbocycles. The van der Waals surface area contributed by atoms with Crippen molar-refractivity contribution >= 4 is 19.4 Å². The zero-order valence-corrected chi connectivity index (χ0v) is 16.5. The van der Waals surface area contributed by atoms with Gasteiger partial charge in [-0.2, -0.15) is 17.9 Å². The number of nitrogens with zero attached hydrogens (tertiary/aromatic N) is 2. The topological polar surface area (TPSA) is 115 Å². The van der Waals surface area contributed by atoms with Crippen LogP contribution in [-0.4, -0.2) is 19.6 Å². The lowest BCUT2D eigenvalue weighted by molar-refractivity contribution is -0.137. The van der Waals surface area contributed by atoms with E-state index >= 15 is 0 Å². The summed E-state index contributed by atoms with van der Waals surface area (Å²) >= 11 is 5.95. The molecule has 1 aromatic heterocycles. The SMILES string of the molecule is O=c1oc(-c2ccc(C(F)(F)F)cc2)nn1Cc1cc(Cl)ccc1COP(=O)(O)O. The minimum absolute atomic E-state index is 0.162. The minimum atomic E-state index is -4.72. The number of rotatable bonds is 6. The average Bonchev–Trinajstić information content (AvgIpc) is 3.00. The number of phosphoric acid groups is 1. The van der Waals surface area contributed by atoms with Crippen LogP contribution in [0.2, 0.25) is 5.02 Å². The quantitative estimate of drug-likeness (QED) is 0.533. The summed E-state index contributed by atoms with van der Waals surface area (Å²) in [5.74, 6) is -1.07. The molecule has 0 radical (unpaired) electrons. The number of alkyl halides is 3. The van der Waals surface area contributed by atoms with Crippen molar-refractivity contribution in [1.29, 1.82) is 0 Å². The van der Waals surface area contributed by atoms with Crippen molar-refractivity contribution < 1.29 is 36.5 Å². The van der Waals surface area contributed by atoms with E-state index in [0.717, 1.165) is 28.9 Å². The summed E-state index contributed by atoms with van der Waals surface area (Å²) in [7, 11) is -4.72. The lowest BCUT2D eigenvalue weighted by atomic mass is 10.1. The maximum atomic E-state index is 12.7. The van der Waals surface area contributed by atoms with Gasteiger partial charge in [-0.1, -0.05) is 17.7 Å². The molecule has 0 bridgehead atoms. The van der Waals surface area contributed by atoms with Crippen LogP contribution in [-0.2, 0) is 28.4 Å². The maximum absolute atomic E-state index is 12.7. The van der Waals surface area contributed by atoms with Crippen LogP contribution in [0.25, 0.3) is 11.5 Å². The second-order valence-electron chi connectivity index (χ2n) is 6.08. The predicted octanol–water partition coefficient (Wildman–Crippen LogP) is 3.83. The molecule has 2 N–H and O–H groups in total. The van der Waals surface area contributed by atoms with Crippen LogP contribution in [0.15, 0.2) is 51.7 Å². The monoisotopic (exact) mass is 464 g/mol. The van der Waals surface area contributed by atoms with Gasteiger partial charge in [0.1, 0.15) is 0 Å².